The van der Waals surface area contributed by atoms with Gasteiger partial charge in [0, 0.05) is 26.3 Å². The summed E-state index contributed by atoms with van der Waals surface area (Å²) in [6.07, 6.45) is 6.37. The van der Waals surface area contributed by atoms with Gasteiger partial charge in [-0.1, -0.05) is 0 Å². The van der Waals surface area contributed by atoms with E-state index in [1.54, 1.807) is 6.20 Å². The number of aromatic nitrogens is 2. The summed E-state index contributed by atoms with van der Waals surface area (Å²) in [5.74, 6) is 2.11. The molecule has 1 heterocycles. The highest BCUT2D eigenvalue weighted by Crippen LogP contribution is 1.99. The fourth-order valence-electron chi connectivity index (χ4n) is 1.64. The second-order valence-electron chi connectivity index (χ2n) is 4.27. The van der Waals surface area contributed by atoms with E-state index in [-0.39, 0.29) is 0 Å². The van der Waals surface area contributed by atoms with Gasteiger partial charge in [-0.05, 0) is 37.8 Å². The number of guanidine groups is 1. The molecule has 0 saturated carbocycles. The van der Waals surface area contributed by atoms with Gasteiger partial charge in [-0.15, -0.1) is 0 Å². The fourth-order valence-corrected chi connectivity index (χ4v) is 2.13. The lowest BCUT2D eigenvalue weighted by Crippen LogP contribution is -2.37. The lowest BCUT2D eigenvalue weighted by atomic mass is 10.3. The summed E-state index contributed by atoms with van der Waals surface area (Å²) < 4.78 is 1.85. The van der Waals surface area contributed by atoms with E-state index in [0.717, 1.165) is 24.7 Å². The van der Waals surface area contributed by atoms with E-state index < -0.39 is 0 Å². The van der Waals surface area contributed by atoms with Gasteiger partial charge < -0.3 is 10.6 Å². The van der Waals surface area contributed by atoms with Crippen LogP contribution in [0.15, 0.2) is 17.3 Å². The summed E-state index contributed by atoms with van der Waals surface area (Å²) in [5, 5.41) is 10.8. The van der Waals surface area contributed by atoms with Crippen LogP contribution in [-0.2, 0) is 13.6 Å². The number of unbranched alkanes of at least 4 members (excludes halogenated alkanes) is 1. The van der Waals surface area contributed by atoms with Crippen molar-refractivity contribution in [1.82, 2.24) is 20.4 Å². The first-order valence-corrected chi connectivity index (χ1v) is 8.15. The molecule has 1 aromatic heterocycles. The highest BCUT2D eigenvalue weighted by molar-refractivity contribution is 7.98. The van der Waals surface area contributed by atoms with Crippen molar-refractivity contribution in [3.8, 4) is 0 Å². The highest BCUT2D eigenvalue weighted by atomic mass is 32.2. The predicted octanol–water partition coefficient (Wildman–Crippen LogP) is 1.62. The van der Waals surface area contributed by atoms with Crippen LogP contribution in [0.1, 0.15) is 25.5 Å². The zero-order chi connectivity index (χ0) is 13.9. The van der Waals surface area contributed by atoms with Crippen molar-refractivity contribution in [2.45, 2.75) is 26.3 Å². The van der Waals surface area contributed by atoms with Crippen LogP contribution in [0.5, 0.6) is 0 Å². The smallest absolute Gasteiger partial charge is 0.191 e. The minimum absolute atomic E-state index is 0.649. The van der Waals surface area contributed by atoms with Gasteiger partial charge in [-0.25, -0.2) is 4.99 Å². The first-order valence-electron chi connectivity index (χ1n) is 6.76. The molecule has 0 aliphatic rings. The van der Waals surface area contributed by atoms with Crippen LogP contribution in [0.4, 0.5) is 0 Å². The summed E-state index contributed by atoms with van der Waals surface area (Å²) in [4.78, 5) is 4.56. The molecule has 1 rings (SSSR count). The van der Waals surface area contributed by atoms with Crippen molar-refractivity contribution in [3.05, 3.63) is 18.0 Å². The number of hydrogen-bond donors (Lipinski definition) is 2. The number of hydrogen-bond acceptors (Lipinski definition) is 3. The Hall–Kier alpha value is -1.17. The summed E-state index contributed by atoms with van der Waals surface area (Å²) in [6.45, 7) is 4.57. The Kier molecular flexibility index (Phi) is 8.13. The number of rotatable bonds is 8. The first-order chi connectivity index (χ1) is 9.27. The molecule has 0 aromatic carbocycles. The van der Waals surface area contributed by atoms with Crippen LogP contribution >= 0.6 is 11.8 Å². The molecule has 108 valence electrons. The van der Waals surface area contributed by atoms with E-state index >= 15 is 0 Å². The number of nitrogens with one attached hydrogen (secondary N) is 2. The van der Waals surface area contributed by atoms with Crippen LogP contribution < -0.4 is 10.6 Å². The molecular weight excluding hydrogens is 258 g/mol. The van der Waals surface area contributed by atoms with E-state index in [1.165, 1.54) is 18.6 Å². The van der Waals surface area contributed by atoms with Gasteiger partial charge in [0.2, 0.25) is 0 Å². The highest BCUT2D eigenvalue weighted by Gasteiger charge is 1.99. The Morgan fingerprint density at radius 2 is 2.26 bits per heavy atom. The molecule has 0 fully saturated rings. The van der Waals surface area contributed by atoms with Crippen LogP contribution in [-0.4, -0.2) is 40.8 Å². The monoisotopic (exact) mass is 283 g/mol. The second-order valence-corrected chi connectivity index (χ2v) is 5.25. The Labute approximate surface area is 120 Å². The molecule has 0 spiro atoms. The SMILES string of the molecule is CCNC(=NCc1ccnn1C)NCCCCSC. The predicted molar refractivity (Wildman–Crippen MR) is 83.6 cm³/mol. The van der Waals surface area contributed by atoms with E-state index in [9.17, 15) is 0 Å². The van der Waals surface area contributed by atoms with Crippen molar-refractivity contribution >= 4 is 17.7 Å². The molecule has 0 unspecified atom stereocenters. The fraction of sp³-hybridized carbons (Fsp3) is 0.692. The first kappa shape index (κ1) is 15.9. The molecule has 5 nitrogen and oxygen atoms in total. The Morgan fingerprint density at radius 3 is 2.89 bits per heavy atom. The average Bonchev–Trinajstić information content (AvgIpc) is 2.81. The van der Waals surface area contributed by atoms with Gasteiger partial charge in [0.1, 0.15) is 0 Å². The quantitative estimate of drug-likeness (QED) is 0.432. The standard InChI is InChI=1S/C13H25N5S/c1-4-14-13(15-8-5-6-10-19-3)16-11-12-7-9-17-18(12)2/h7,9H,4-6,8,10-11H2,1-3H3,(H2,14,15,16). The zero-order valence-corrected chi connectivity index (χ0v) is 13.0. The third kappa shape index (κ3) is 6.52. The van der Waals surface area contributed by atoms with Crippen molar-refractivity contribution in [2.24, 2.45) is 12.0 Å². The van der Waals surface area contributed by atoms with E-state index in [1.807, 2.05) is 29.6 Å². The van der Waals surface area contributed by atoms with E-state index in [0.29, 0.717) is 6.54 Å². The molecule has 0 aliphatic heterocycles. The lowest BCUT2D eigenvalue weighted by molar-refractivity contribution is 0.702. The summed E-state index contributed by atoms with van der Waals surface area (Å²) >= 11 is 1.90. The van der Waals surface area contributed by atoms with Crippen LogP contribution in [0.3, 0.4) is 0 Å². The number of nitrogens with zero attached hydrogens (tertiary/aromatic N) is 3. The summed E-state index contributed by atoms with van der Waals surface area (Å²) in [6, 6.07) is 1.99. The van der Waals surface area contributed by atoms with Gasteiger partial charge in [-0.3, -0.25) is 4.68 Å². The maximum absolute atomic E-state index is 4.56. The molecule has 0 radical (unpaired) electrons. The Balaban J connectivity index is 2.36. The molecule has 19 heavy (non-hydrogen) atoms. The summed E-state index contributed by atoms with van der Waals surface area (Å²) in [7, 11) is 1.94. The average molecular weight is 283 g/mol. The van der Waals surface area contributed by atoms with Crippen LogP contribution in [0.2, 0.25) is 0 Å². The van der Waals surface area contributed by atoms with Crippen LogP contribution in [0, 0.1) is 0 Å². The number of aryl methyl sites for hydroxylation is 1. The van der Waals surface area contributed by atoms with Crippen LogP contribution in [0.25, 0.3) is 0 Å². The molecule has 0 saturated heterocycles. The van der Waals surface area contributed by atoms with E-state index in [2.05, 4.69) is 33.9 Å². The normalized spacial score (nSPS) is 11.6. The molecular formula is C13H25N5S. The van der Waals surface area contributed by atoms with Gasteiger partial charge in [0.05, 0.1) is 12.2 Å². The number of aliphatic imine (C=N–C) groups is 1. The largest absolute Gasteiger partial charge is 0.357 e. The van der Waals surface area contributed by atoms with Crippen molar-refractivity contribution in [2.75, 3.05) is 25.1 Å². The molecule has 2 N–H and O–H groups in total. The van der Waals surface area contributed by atoms with Crippen molar-refractivity contribution in [1.29, 1.82) is 0 Å². The van der Waals surface area contributed by atoms with Gasteiger partial charge >= 0.3 is 0 Å². The molecule has 0 bridgehead atoms. The lowest BCUT2D eigenvalue weighted by Gasteiger charge is -2.11. The van der Waals surface area contributed by atoms with E-state index in [4.69, 9.17) is 0 Å². The number of thioether (sulfide) groups is 1. The molecule has 1 aromatic rings. The van der Waals surface area contributed by atoms with Crippen molar-refractivity contribution < 1.29 is 0 Å². The minimum atomic E-state index is 0.649. The molecule has 0 atom stereocenters. The third-order valence-electron chi connectivity index (χ3n) is 2.73. The van der Waals surface area contributed by atoms with Crippen molar-refractivity contribution in [3.63, 3.8) is 0 Å². The van der Waals surface area contributed by atoms with Gasteiger partial charge in [0.15, 0.2) is 5.96 Å². The third-order valence-corrected chi connectivity index (χ3v) is 3.43. The maximum Gasteiger partial charge on any atom is 0.191 e. The van der Waals surface area contributed by atoms with Gasteiger partial charge in [-0.2, -0.15) is 16.9 Å². The minimum Gasteiger partial charge on any atom is -0.357 e. The second kappa shape index (κ2) is 9.72. The van der Waals surface area contributed by atoms with Gasteiger partial charge in [0.25, 0.3) is 0 Å². The molecule has 6 heteroatoms. The summed E-state index contributed by atoms with van der Waals surface area (Å²) in [5.41, 5.74) is 1.11. The molecule has 0 amide bonds. The Morgan fingerprint density at radius 1 is 1.42 bits per heavy atom. The topological polar surface area (TPSA) is 54.2 Å². The maximum atomic E-state index is 4.56. The zero-order valence-electron chi connectivity index (χ0n) is 12.1. The Bertz CT molecular complexity index is 375. The molecule has 0 aliphatic carbocycles.